The molecular weight excluding hydrogens is 318 g/mol. The minimum atomic E-state index is -1.25. The van der Waals surface area contributed by atoms with Crippen LogP contribution in [0.1, 0.15) is 10.4 Å². The molecule has 1 heterocycles. The van der Waals surface area contributed by atoms with Gasteiger partial charge in [0.15, 0.2) is 0 Å². The van der Waals surface area contributed by atoms with Crippen LogP contribution in [0.3, 0.4) is 0 Å². The third-order valence-corrected chi connectivity index (χ3v) is 3.52. The van der Waals surface area contributed by atoms with Crippen LogP contribution in [0.15, 0.2) is 30.3 Å². The van der Waals surface area contributed by atoms with Gasteiger partial charge in [-0.05, 0) is 30.3 Å². The zero-order valence-electron chi connectivity index (χ0n) is 10.3. The van der Waals surface area contributed by atoms with E-state index in [0.29, 0.717) is 21.4 Å². The summed E-state index contributed by atoms with van der Waals surface area (Å²) < 4.78 is 13.4. The maximum absolute atomic E-state index is 13.4. The van der Waals surface area contributed by atoms with E-state index in [9.17, 15) is 9.18 Å². The summed E-state index contributed by atoms with van der Waals surface area (Å²) in [6.45, 7) is 0. The molecule has 106 valence electrons. The molecule has 0 saturated heterocycles. The van der Waals surface area contributed by atoms with E-state index in [-0.39, 0.29) is 16.6 Å². The van der Waals surface area contributed by atoms with Crippen LogP contribution in [0, 0.1) is 5.82 Å². The number of H-pyrrole nitrogens is 1. The molecule has 0 amide bonds. The second-order valence-corrected chi connectivity index (χ2v) is 5.21. The highest BCUT2D eigenvalue weighted by Crippen LogP contribution is 2.30. The fourth-order valence-corrected chi connectivity index (χ4v) is 2.55. The van der Waals surface area contributed by atoms with Crippen LogP contribution in [0.25, 0.3) is 22.4 Å². The number of nitrogens with one attached hydrogen (secondary N) is 1. The minimum absolute atomic E-state index is 0.171. The molecule has 1 aromatic heterocycles. The van der Waals surface area contributed by atoms with E-state index in [0.717, 1.165) is 6.07 Å². The van der Waals surface area contributed by atoms with E-state index in [4.69, 9.17) is 28.3 Å². The fourth-order valence-electron chi connectivity index (χ4n) is 2.05. The molecule has 2 N–H and O–H groups in total. The van der Waals surface area contributed by atoms with Crippen LogP contribution in [0.4, 0.5) is 4.39 Å². The van der Waals surface area contributed by atoms with Gasteiger partial charge in [-0.15, -0.1) is 0 Å². The van der Waals surface area contributed by atoms with Crippen molar-refractivity contribution < 1.29 is 14.3 Å². The molecule has 3 rings (SSSR count). The van der Waals surface area contributed by atoms with Crippen molar-refractivity contribution in [3.8, 4) is 11.4 Å². The lowest BCUT2D eigenvalue weighted by molar-refractivity contribution is 0.0698. The Labute approximate surface area is 128 Å². The topological polar surface area (TPSA) is 66.0 Å². The third-order valence-electron chi connectivity index (χ3n) is 2.97. The van der Waals surface area contributed by atoms with Crippen LogP contribution >= 0.6 is 23.2 Å². The summed E-state index contributed by atoms with van der Waals surface area (Å²) in [5.41, 5.74) is 0.796. The fraction of sp³-hybridized carbons (Fsp3) is 0. The molecule has 0 fully saturated rings. The van der Waals surface area contributed by atoms with Crippen molar-refractivity contribution in [2.24, 2.45) is 0 Å². The SMILES string of the molecule is O=C(O)c1cc(F)cc2[nH]c(-c3ccc(Cl)cc3Cl)nc12. The van der Waals surface area contributed by atoms with Gasteiger partial charge < -0.3 is 10.1 Å². The number of rotatable bonds is 2. The Morgan fingerprint density at radius 2 is 2.00 bits per heavy atom. The van der Waals surface area contributed by atoms with Crippen LogP contribution in [-0.4, -0.2) is 21.0 Å². The Morgan fingerprint density at radius 1 is 1.24 bits per heavy atom. The molecule has 0 aliphatic heterocycles. The lowest BCUT2D eigenvalue weighted by Crippen LogP contribution is -1.98. The number of imidazole rings is 1. The molecule has 0 saturated carbocycles. The van der Waals surface area contributed by atoms with Crippen molar-refractivity contribution in [3.05, 3.63) is 51.8 Å². The van der Waals surface area contributed by atoms with Crippen molar-refractivity contribution in [1.29, 1.82) is 0 Å². The summed E-state index contributed by atoms with van der Waals surface area (Å²) in [7, 11) is 0. The number of carboxylic acid groups (broad SMARTS) is 1. The molecule has 0 bridgehead atoms. The maximum atomic E-state index is 13.4. The van der Waals surface area contributed by atoms with E-state index in [1.54, 1.807) is 18.2 Å². The summed E-state index contributed by atoms with van der Waals surface area (Å²) in [6.07, 6.45) is 0. The highest BCUT2D eigenvalue weighted by molar-refractivity contribution is 6.36. The molecule has 21 heavy (non-hydrogen) atoms. The normalized spacial score (nSPS) is 11.0. The Balaban J connectivity index is 2.26. The summed E-state index contributed by atoms with van der Waals surface area (Å²) in [5.74, 6) is -1.56. The Hall–Kier alpha value is -2.11. The zero-order chi connectivity index (χ0) is 15.1. The molecule has 2 aromatic carbocycles. The summed E-state index contributed by atoms with van der Waals surface area (Å²) in [5, 5.41) is 9.94. The number of carbonyl (C=O) groups is 1. The van der Waals surface area contributed by atoms with Gasteiger partial charge in [-0.1, -0.05) is 23.2 Å². The summed E-state index contributed by atoms with van der Waals surface area (Å²) in [6, 6.07) is 6.94. The number of carboxylic acids is 1. The second kappa shape index (κ2) is 5.02. The molecule has 0 radical (unpaired) electrons. The number of hydrogen-bond donors (Lipinski definition) is 2. The number of aromatic carboxylic acids is 1. The summed E-state index contributed by atoms with van der Waals surface area (Å²) in [4.78, 5) is 18.2. The highest BCUT2D eigenvalue weighted by atomic mass is 35.5. The van der Waals surface area contributed by atoms with E-state index in [2.05, 4.69) is 9.97 Å². The van der Waals surface area contributed by atoms with Crippen LogP contribution in [0.2, 0.25) is 10.0 Å². The predicted molar refractivity (Wildman–Crippen MR) is 78.5 cm³/mol. The van der Waals surface area contributed by atoms with Crippen molar-refractivity contribution >= 4 is 40.2 Å². The smallest absolute Gasteiger partial charge is 0.338 e. The first kappa shape index (κ1) is 13.9. The predicted octanol–water partition coefficient (Wildman–Crippen LogP) is 4.37. The van der Waals surface area contributed by atoms with Gasteiger partial charge >= 0.3 is 5.97 Å². The number of aromatic nitrogens is 2. The molecule has 4 nitrogen and oxygen atoms in total. The molecule has 0 aliphatic rings. The first-order valence-corrected chi connectivity index (χ1v) is 6.59. The molecule has 7 heteroatoms. The Kier molecular flexibility index (Phi) is 3.31. The minimum Gasteiger partial charge on any atom is -0.478 e. The van der Waals surface area contributed by atoms with E-state index in [1.807, 2.05) is 0 Å². The van der Waals surface area contributed by atoms with Gasteiger partial charge in [-0.25, -0.2) is 14.2 Å². The molecule has 0 spiro atoms. The Bertz CT molecular complexity index is 877. The molecular formula is C14H7Cl2FN2O2. The van der Waals surface area contributed by atoms with Crippen molar-refractivity contribution in [2.45, 2.75) is 0 Å². The Morgan fingerprint density at radius 3 is 2.67 bits per heavy atom. The average Bonchev–Trinajstić information content (AvgIpc) is 2.80. The van der Waals surface area contributed by atoms with Crippen LogP contribution in [-0.2, 0) is 0 Å². The quantitative estimate of drug-likeness (QED) is 0.735. The molecule has 0 aliphatic carbocycles. The average molecular weight is 325 g/mol. The third kappa shape index (κ3) is 2.46. The number of nitrogens with zero attached hydrogens (tertiary/aromatic N) is 1. The molecule has 3 aromatic rings. The number of aromatic amines is 1. The number of halogens is 3. The van der Waals surface area contributed by atoms with Gasteiger partial charge in [0.1, 0.15) is 17.2 Å². The largest absolute Gasteiger partial charge is 0.478 e. The van der Waals surface area contributed by atoms with Gasteiger partial charge in [-0.2, -0.15) is 0 Å². The molecule has 0 unspecified atom stereocenters. The number of benzene rings is 2. The van der Waals surface area contributed by atoms with E-state index in [1.165, 1.54) is 6.07 Å². The van der Waals surface area contributed by atoms with E-state index >= 15 is 0 Å². The van der Waals surface area contributed by atoms with Gasteiger partial charge in [-0.3, -0.25) is 0 Å². The van der Waals surface area contributed by atoms with Gasteiger partial charge in [0, 0.05) is 10.6 Å². The maximum Gasteiger partial charge on any atom is 0.338 e. The number of fused-ring (bicyclic) bond motifs is 1. The monoisotopic (exact) mass is 324 g/mol. The van der Waals surface area contributed by atoms with Crippen LogP contribution in [0.5, 0.6) is 0 Å². The first-order chi connectivity index (χ1) is 9.95. The lowest BCUT2D eigenvalue weighted by atomic mass is 10.2. The number of hydrogen-bond acceptors (Lipinski definition) is 2. The van der Waals surface area contributed by atoms with Crippen molar-refractivity contribution in [3.63, 3.8) is 0 Å². The van der Waals surface area contributed by atoms with Crippen molar-refractivity contribution in [2.75, 3.05) is 0 Å². The standard InChI is InChI=1S/C14H7Cl2FN2O2/c15-6-1-2-8(10(16)3-6)13-18-11-5-7(17)4-9(14(20)21)12(11)19-13/h1-5H,(H,18,19)(H,20,21). The first-order valence-electron chi connectivity index (χ1n) is 5.83. The van der Waals surface area contributed by atoms with E-state index < -0.39 is 11.8 Å². The van der Waals surface area contributed by atoms with Gasteiger partial charge in [0.25, 0.3) is 0 Å². The van der Waals surface area contributed by atoms with Gasteiger partial charge in [0.05, 0.1) is 16.1 Å². The summed E-state index contributed by atoms with van der Waals surface area (Å²) >= 11 is 11.9. The zero-order valence-corrected chi connectivity index (χ0v) is 11.8. The molecule has 0 atom stereocenters. The second-order valence-electron chi connectivity index (χ2n) is 4.36. The van der Waals surface area contributed by atoms with Crippen molar-refractivity contribution in [1.82, 2.24) is 9.97 Å². The lowest BCUT2D eigenvalue weighted by Gasteiger charge is -2.00. The highest BCUT2D eigenvalue weighted by Gasteiger charge is 2.16. The van der Waals surface area contributed by atoms with Crippen LogP contribution < -0.4 is 0 Å². The van der Waals surface area contributed by atoms with Gasteiger partial charge in [0.2, 0.25) is 0 Å².